The van der Waals surface area contributed by atoms with Crippen LogP contribution in [0.25, 0.3) is 0 Å². The number of methoxy groups -OCH3 is 1. The number of piperidine rings is 1. The van der Waals surface area contributed by atoms with Crippen molar-refractivity contribution in [2.45, 2.75) is 31.8 Å². The third kappa shape index (κ3) is 2.82. The number of ether oxygens (including phenoxy) is 1. The molecule has 0 amide bonds. The van der Waals surface area contributed by atoms with Gasteiger partial charge in [0.05, 0.1) is 19.5 Å². The number of hydrogen-bond acceptors (Lipinski definition) is 5. The van der Waals surface area contributed by atoms with E-state index >= 15 is 0 Å². The Morgan fingerprint density at radius 1 is 1.44 bits per heavy atom. The molecule has 2 atom stereocenters. The number of hydrogen-bond donors (Lipinski definition) is 2. The predicted molar refractivity (Wildman–Crippen MR) is 62.7 cm³/mol. The van der Waals surface area contributed by atoms with Crippen molar-refractivity contribution in [2.24, 2.45) is 0 Å². The second kappa shape index (κ2) is 5.12. The van der Waals surface area contributed by atoms with Crippen molar-refractivity contribution in [2.75, 3.05) is 19.0 Å². The summed E-state index contributed by atoms with van der Waals surface area (Å²) in [5.74, 6) is 1.36. The van der Waals surface area contributed by atoms with E-state index in [4.69, 9.17) is 4.74 Å². The van der Waals surface area contributed by atoms with E-state index in [9.17, 15) is 0 Å². The maximum absolute atomic E-state index is 5.01. The van der Waals surface area contributed by atoms with Gasteiger partial charge in [-0.1, -0.05) is 0 Å². The number of rotatable bonds is 3. The second-order valence-electron chi connectivity index (χ2n) is 4.17. The van der Waals surface area contributed by atoms with Gasteiger partial charge in [0.25, 0.3) is 0 Å². The van der Waals surface area contributed by atoms with Crippen molar-refractivity contribution in [1.82, 2.24) is 15.3 Å². The van der Waals surface area contributed by atoms with Crippen molar-refractivity contribution in [3.8, 4) is 5.75 Å². The molecular formula is C11H18N4O. The predicted octanol–water partition coefficient (Wildman–Crippen LogP) is 1.04. The van der Waals surface area contributed by atoms with E-state index in [2.05, 4.69) is 27.5 Å². The first-order valence-electron chi connectivity index (χ1n) is 5.64. The highest BCUT2D eigenvalue weighted by Gasteiger charge is 2.18. The zero-order valence-electron chi connectivity index (χ0n) is 9.73. The smallest absolute Gasteiger partial charge is 0.223 e. The summed E-state index contributed by atoms with van der Waals surface area (Å²) in [6.07, 6.45) is 5.58. The lowest BCUT2D eigenvalue weighted by Gasteiger charge is -2.28. The van der Waals surface area contributed by atoms with Crippen LogP contribution in [0.4, 0.5) is 5.95 Å². The molecule has 1 fully saturated rings. The first kappa shape index (κ1) is 11.1. The quantitative estimate of drug-likeness (QED) is 0.800. The Morgan fingerprint density at radius 3 is 2.81 bits per heavy atom. The van der Waals surface area contributed by atoms with E-state index in [1.807, 2.05) is 0 Å². The fraction of sp³-hybridized carbons (Fsp3) is 0.636. The van der Waals surface area contributed by atoms with Crippen LogP contribution in [-0.4, -0.2) is 35.7 Å². The van der Waals surface area contributed by atoms with Crippen molar-refractivity contribution in [3.63, 3.8) is 0 Å². The molecule has 2 N–H and O–H groups in total. The van der Waals surface area contributed by atoms with E-state index in [0.29, 0.717) is 23.8 Å². The second-order valence-corrected chi connectivity index (χ2v) is 4.17. The summed E-state index contributed by atoms with van der Waals surface area (Å²) < 4.78 is 5.01. The number of nitrogens with zero attached hydrogens (tertiary/aromatic N) is 2. The zero-order chi connectivity index (χ0) is 11.4. The highest BCUT2D eigenvalue weighted by Crippen LogP contribution is 2.14. The van der Waals surface area contributed by atoms with Crippen LogP contribution in [0.15, 0.2) is 12.4 Å². The highest BCUT2D eigenvalue weighted by molar-refractivity contribution is 5.28. The minimum absolute atomic E-state index is 0.463. The monoisotopic (exact) mass is 222 g/mol. The molecule has 5 heteroatoms. The number of aromatic nitrogens is 2. The fourth-order valence-electron chi connectivity index (χ4n) is 1.94. The summed E-state index contributed by atoms with van der Waals surface area (Å²) in [4.78, 5) is 8.40. The standard InChI is InChI=1S/C11H18N4O/c1-8-5-9(3-4-12-8)15-11-13-6-10(16-2)7-14-11/h6-9,12H,3-5H2,1-2H3,(H,13,14,15). The third-order valence-corrected chi connectivity index (χ3v) is 2.82. The molecule has 0 saturated carbocycles. The van der Waals surface area contributed by atoms with Gasteiger partial charge in [0, 0.05) is 12.1 Å². The first-order chi connectivity index (χ1) is 7.78. The van der Waals surface area contributed by atoms with Crippen LogP contribution in [0.3, 0.4) is 0 Å². The normalized spacial score (nSPS) is 25.1. The maximum atomic E-state index is 5.01. The molecule has 1 aromatic heterocycles. The van der Waals surface area contributed by atoms with Gasteiger partial charge in [0.2, 0.25) is 5.95 Å². The van der Waals surface area contributed by atoms with Crippen molar-refractivity contribution >= 4 is 5.95 Å². The lowest BCUT2D eigenvalue weighted by molar-refractivity contribution is 0.394. The van der Waals surface area contributed by atoms with Crippen molar-refractivity contribution < 1.29 is 4.74 Å². The fourth-order valence-corrected chi connectivity index (χ4v) is 1.94. The molecule has 2 rings (SSSR count). The van der Waals surface area contributed by atoms with Gasteiger partial charge >= 0.3 is 0 Å². The molecule has 1 saturated heterocycles. The zero-order valence-corrected chi connectivity index (χ0v) is 9.73. The minimum atomic E-state index is 0.463. The molecule has 1 aromatic rings. The molecular weight excluding hydrogens is 204 g/mol. The van der Waals surface area contributed by atoms with Gasteiger partial charge < -0.3 is 15.4 Å². The van der Waals surface area contributed by atoms with Gasteiger partial charge in [-0.05, 0) is 26.3 Å². The average molecular weight is 222 g/mol. The highest BCUT2D eigenvalue weighted by atomic mass is 16.5. The lowest BCUT2D eigenvalue weighted by atomic mass is 10.0. The van der Waals surface area contributed by atoms with E-state index in [1.54, 1.807) is 19.5 Å². The van der Waals surface area contributed by atoms with Gasteiger partial charge in [-0.2, -0.15) is 0 Å². The van der Waals surface area contributed by atoms with Gasteiger partial charge in [-0.3, -0.25) is 0 Å². The molecule has 0 aliphatic carbocycles. The summed E-state index contributed by atoms with van der Waals surface area (Å²) >= 11 is 0. The van der Waals surface area contributed by atoms with E-state index < -0.39 is 0 Å². The Labute approximate surface area is 95.6 Å². The summed E-state index contributed by atoms with van der Waals surface area (Å²) in [5, 5.41) is 6.76. The van der Waals surface area contributed by atoms with E-state index in [-0.39, 0.29) is 0 Å². The van der Waals surface area contributed by atoms with Crippen LogP contribution in [0.1, 0.15) is 19.8 Å². The average Bonchev–Trinajstić information content (AvgIpc) is 2.30. The largest absolute Gasteiger partial charge is 0.494 e. The van der Waals surface area contributed by atoms with E-state index in [0.717, 1.165) is 19.4 Å². The van der Waals surface area contributed by atoms with Crippen molar-refractivity contribution in [1.29, 1.82) is 0 Å². The van der Waals surface area contributed by atoms with Crippen LogP contribution >= 0.6 is 0 Å². The Bertz CT molecular complexity index is 327. The summed E-state index contributed by atoms with van der Waals surface area (Å²) in [6, 6.07) is 1.02. The van der Waals surface area contributed by atoms with Crippen LogP contribution in [0.5, 0.6) is 5.75 Å². The lowest BCUT2D eigenvalue weighted by Crippen LogP contribution is -2.41. The SMILES string of the molecule is COc1cnc(NC2CCNC(C)C2)nc1. The minimum Gasteiger partial charge on any atom is -0.494 e. The molecule has 0 radical (unpaired) electrons. The molecule has 88 valence electrons. The van der Waals surface area contributed by atoms with Crippen LogP contribution < -0.4 is 15.4 Å². The van der Waals surface area contributed by atoms with Gasteiger partial charge in [-0.25, -0.2) is 9.97 Å². The summed E-state index contributed by atoms with van der Waals surface area (Å²) in [6.45, 7) is 3.25. The Morgan fingerprint density at radius 2 is 2.19 bits per heavy atom. The molecule has 0 spiro atoms. The topological polar surface area (TPSA) is 59.1 Å². The Balaban J connectivity index is 1.92. The van der Waals surface area contributed by atoms with Crippen LogP contribution in [0, 0.1) is 0 Å². The summed E-state index contributed by atoms with van der Waals surface area (Å²) in [7, 11) is 1.61. The number of anilines is 1. The summed E-state index contributed by atoms with van der Waals surface area (Å²) in [5.41, 5.74) is 0. The number of nitrogens with one attached hydrogen (secondary N) is 2. The molecule has 1 aliphatic rings. The van der Waals surface area contributed by atoms with Gasteiger partial charge in [-0.15, -0.1) is 0 Å². The molecule has 1 aliphatic heterocycles. The van der Waals surface area contributed by atoms with Crippen molar-refractivity contribution in [3.05, 3.63) is 12.4 Å². The van der Waals surface area contributed by atoms with Gasteiger partial charge in [0.15, 0.2) is 5.75 Å². The Kier molecular flexibility index (Phi) is 3.56. The third-order valence-electron chi connectivity index (χ3n) is 2.82. The molecule has 2 unspecified atom stereocenters. The molecule has 0 bridgehead atoms. The van der Waals surface area contributed by atoms with Crippen LogP contribution in [0.2, 0.25) is 0 Å². The molecule has 2 heterocycles. The molecule has 0 aromatic carbocycles. The van der Waals surface area contributed by atoms with E-state index in [1.165, 1.54) is 0 Å². The van der Waals surface area contributed by atoms with Crippen LogP contribution in [-0.2, 0) is 0 Å². The first-order valence-corrected chi connectivity index (χ1v) is 5.64. The maximum Gasteiger partial charge on any atom is 0.223 e. The molecule has 16 heavy (non-hydrogen) atoms. The van der Waals surface area contributed by atoms with Gasteiger partial charge in [0.1, 0.15) is 0 Å². The molecule has 5 nitrogen and oxygen atoms in total. The Hall–Kier alpha value is -1.36.